The van der Waals surface area contributed by atoms with Crippen LogP contribution in [0.1, 0.15) is 12.8 Å². The van der Waals surface area contributed by atoms with Crippen LogP contribution in [-0.4, -0.2) is 45.5 Å². The Morgan fingerprint density at radius 2 is 2.06 bits per heavy atom. The molecule has 7 nitrogen and oxygen atoms in total. The van der Waals surface area contributed by atoms with Crippen molar-refractivity contribution in [2.45, 2.75) is 24.1 Å². The number of hydrogen-bond donors (Lipinski definition) is 2. The van der Waals surface area contributed by atoms with Gasteiger partial charge in [0.1, 0.15) is 16.9 Å². The zero-order valence-corrected chi connectivity index (χ0v) is 18.0. The number of carbonyl (C=O) groups excluding carboxylic acids is 1. The summed E-state index contributed by atoms with van der Waals surface area (Å²) in [5, 5.41) is 4.08. The highest BCUT2D eigenvalue weighted by atomic mass is 32.2. The van der Waals surface area contributed by atoms with Crippen molar-refractivity contribution in [3.63, 3.8) is 0 Å². The van der Waals surface area contributed by atoms with E-state index in [1.54, 1.807) is 0 Å². The van der Waals surface area contributed by atoms with Gasteiger partial charge in [-0.2, -0.15) is 0 Å². The first kappa shape index (κ1) is 20.7. The molecule has 2 N–H and O–H groups in total. The molecule has 32 heavy (non-hydrogen) atoms. The molecule has 5 rings (SSSR count). The van der Waals surface area contributed by atoms with E-state index < -0.39 is 5.82 Å². The van der Waals surface area contributed by atoms with Crippen molar-refractivity contribution in [1.82, 2.24) is 19.9 Å². The van der Waals surface area contributed by atoms with E-state index in [1.807, 2.05) is 24.3 Å². The molecule has 1 fully saturated rings. The van der Waals surface area contributed by atoms with Gasteiger partial charge in [0, 0.05) is 24.1 Å². The average molecular weight is 453 g/mol. The van der Waals surface area contributed by atoms with E-state index in [0.717, 1.165) is 30.4 Å². The van der Waals surface area contributed by atoms with E-state index in [1.165, 1.54) is 40.6 Å². The molecule has 1 aliphatic heterocycles. The summed E-state index contributed by atoms with van der Waals surface area (Å²) in [5.41, 5.74) is 1.88. The molecule has 4 aromatic rings. The number of fused-ring (bicyclic) bond motifs is 3. The predicted octanol–water partition coefficient (Wildman–Crippen LogP) is 3.39. The summed E-state index contributed by atoms with van der Waals surface area (Å²) in [4.78, 5) is 33.7. The summed E-state index contributed by atoms with van der Waals surface area (Å²) in [7, 11) is 0. The second-order valence-electron chi connectivity index (χ2n) is 7.63. The summed E-state index contributed by atoms with van der Waals surface area (Å²) >= 11 is 1.17. The topological polar surface area (TPSA) is 89.0 Å². The summed E-state index contributed by atoms with van der Waals surface area (Å²) in [6.07, 6.45) is 2.01. The number of amides is 1. The highest BCUT2D eigenvalue weighted by molar-refractivity contribution is 7.99. The standard InChI is InChI=1S/C23H21FN4O3S/c24-14-7-9-15(10-8-14)28-22(30)21-20(17-5-1-2-6-18(17)26-21)27-23(28)32-13-19(29)25-12-16-4-3-11-31-16/h1-2,5-10,16,26H,3-4,11-13H2,(H,25,29). The van der Waals surface area contributed by atoms with Crippen LogP contribution in [0.15, 0.2) is 58.5 Å². The van der Waals surface area contributed by atoms with Crippen molar-refractivity contribution >= 4 is 39.6 Å². The SMILES string of the molecule is O=C(CSc1nc2c([nH]c3ccccc32)c(=O)n1-c1ccc(F)cc1)NCC1CCCO1. The van der Waals surface area contributed by atoms with Crippen molar-refractivity contribution in [3.05, 3.63) is 64.7 Å². The molecular weight excluding hydrogens is 431 g/mol. The molecule has 2 aromatic carbocycles. The third-order valence-corrected chi connectivity index (χ3v) is 6.40. The number of benzene rings is 2. The van der Waals surface area contributed by atoms with Crippen LogP contribution >= 0.6 is 11.8 Å². The average Bonchev–Trinajstić information content (AvgIpc) is 3.45. The van der Waals surface area contributed by atoms with E-state index in [-0.39, 0.29) is 23.3 Å². The summed E-state index contributed by atoms with van der Waals surface area (Å²) in [6, 6.07) is 13.2. The summed E-state index contributed by atoms with van der Waals surface area (Å²) in [5.74, 6) is -0.470. The van der Waals surface area contributed by atoms with Crippen LogP contribution < -0.4 is 10.9 Å². The van der Waals surface area contributed by atoms with Gasteiger partial charge >= 0.3 is 0 Å². The van der Waals surface area contributed by atoms with E-state index in [0.29, 0.717) is 28.4 Å². The summed E-state index contributed by atoms with van der Waals surface area (Å²) < 4.78 is 20.4. The van der Waals surface area contributed by atoms with E-state index in [4.69, 9.17) is 9.72 Å². The van der Waals surface area contributed by atoms with Crippen LogP contribution in [0, 0.1) is 5.82 Å². The highest BCUT2D eigenvalue weighted by Gasteiger charge is 2.19. The first-order chi connectivity index (χ1) is 15.6. The Labute approximate surface area is 187 Å². The lowest BCUT2D eigenvalue weighted by Gasteiger charge is -2.13. The van der Waals surface area contributed by atoms with Gasteiger partial charge in [0.15, 0.2) is 5.16 Å². The molecule has 0 radical (unpaired) electrons. The van der Waals surface area contributed by atoms with Gasteiger partial charge in [-0.15, -0.1) is 0 Å². The second kappa shape index (κ2) is 8.76. The monoisotopic (exact) mass is 452 g/mol. The molecule has 0 aliphatic carbocycles. The minimum Gasteiger partial charge on any atom is -0.376 e. The van der Waals surface area contributed by atoms with Crippen LogP contribution in [0.2, 0.25) is 0 Å². The van der Waals surface area contributed by atoms with Crippen LogP contribution in [0.5, 0.6) is 0 Å². The van der Waals surface area contributed by atoms with Crippen LogP contribution in [-0.2, 0) is 9.53 Å². The maximum absolute atomic E-state index is 13.5. The number of H-pyrrole nitrogens is 1. The first-order valence-electron chi connectivity index (χ1n) is 10.4. The largest absolute Gasteiger partial charge is 0.376 e. The van der Waals surface area contributed by atoms with Crippen molar-refractivity contribution in [3.8, 4) is 5.69 Å². The number of rotatable bonds is 6. The van der Waals surface area contributed by atoms with Gasteiger partial charge < -0.3 is 15.0 Å². The number of hydrogen-bond acceptors (Lipinski definition) is 5. The number of nitrogens with zero attached hydrogens (tertiary/aromatic N) is 2. The van der Waals surface area contributed by atoms with Crippen LogP contribution in [0.3, 0.4) is 0 Å². The molecule has 1 amide bonds. The van der Waals surface area contributed by atoms with Crippen LogP contribution in [0.4, 0.5) is 4.39 Å². The van der Waals surface area contributed by atoms with Gasteiger partial charge in [0.25, 0.3) is 5.56 Å². The third-order valence-electron chi connectivity index (χ3n) is 5.46. The quantitative estimate of drug-likeness (QED) is 0.346. The van der Waals surface area contributed by atoms with Gasteiger partial charge in [-0.3, -0.25) is 14.2 Å². The molecule has 9 heteroatoms. The molecular formula is C23H21FN4O3S. The number of ether oxygens (including phenoxy) is 1. The fraction of sp³-hybridized carbons (Fsp3) is 0.261. The van der Waals surface area contributed by atoms with Crippen molar-refractivity contribution in [2.24, 2.45) is 0 Å². The zero-order chi connectivity index (χ0) is 22.1. The fourth-order valence-electron chi connectivity index (χ4n) is 3.87. The molecule has 1 unspecified atom stereocenters. The molecule has 0 bridgehead atoms. The minimum atomic E-state index is -0.399. The molecule has 1 aliphatic rings. The highest BCUT2D eigenvalue weighted by Crippen LogP contribution is 2.26. The molecule has 164 valence electrons. The smallest absolute Gasteiger partial charge is 0.283 e. The normalized spacial score (nSPS) is 16.1. The van der Waals surface area contributed by atoms with E-state index in [2.05, 4.69) is 10.3 Å². The molecule has 1 atom stereocenters. The van der Waals surface area contributed by atoms with Gasteiger partial charge in [-0.25, -0.2) is 9.37 Å². The number of carbonyl (C=O) groups is 1. The Balaban J connectivity index is 1.50. The van der Waals surface area contributed by atoms with E-state index >= 15 is 0 Å². The number of thioether (sulfide) groups is 1. The Bertz CT molecular complexity index is 1340. The van der Waals surface area contributed by atoms with Gasteiger partial charge in [-0.1, -0.05) is 30.0 Å². The minimum absolute atomic E-state index is 0.0574. The van der Waals surface area contributed by atoms with E-state index in [9.17, 15) is 14.0 Å². The first-order valence-corrected chi connectivity index (χ1v) is 11.4. The van der Waals surface area contributed by atoms with Gasteiger partial charge in [-0.05, 0) is 43.2 Å². The number of aromatic nitrogens is 3. The number of nitrogens with one attached hydrogen (secondary N) is 2. The molecule has 0 spiro atoms. The Kier molecular flexibility index (Phi) is 5.67. The maximum atomic E-state index is 13.5. The third kappa shape index (κ3) is 4.01. The van der Waals surface area contributed by atoms with Crippen molar-refractivity contribution < 1.29 is 13.9 Å². The van der Waals surface area contributed by atoms with Crippen LogP contribution in [0.25, 0.3) is 27.6 Å². The lowest BCUT2D eigenvalue weighted by atomic mass is 10.2. The molecule has 3 heterocycles. The van der Waals surface area contributed by atoms with Gasteiger partial charge in [0.2, 0.25) is 5.91 Å². The predicted molar refractivity (Wildman–Crippen MR) is 122 cm³/mol. The lowest BCUT2D eigenvalue weighted by molar-refractivity contribution is -0.119. The maximum Gasteiger partial charge on any atom is 0.283 e. The number of para-hydroxylation sites is 1. The Morgan fingerprint density at radius 1 is 1.25 bits per heavy atom. The molecule has 2 aromatic heterocycles. The van der Waals surface area contributed by atoms with Gasteiger partial charge in [0.05, 0.1) is 17.5 Å². The molecule has 1 saturated heterocycles. The van der Waals surface area contributed by atoms with Crippen molar-refractivity contribution in [2.75, 3.05) is 18.9 Å². The second-order valence-corrected chi connectivity index (χ2v) is 8.58. The Morgan fingerprint density at radius 3 is 2.84 bits per heavy atom. The number of halogens is 1. The lowest BCUT2D eigenvalue weighted by Crippen LogP contribution is -2.33. The fourth-order valence-corrected chi connectivity index (χ4v) is 4.71. The Hall–Kier alpha value is -3.17. The number of aromatic amines is 1. The zero-order valence-electron chi connectivity index (χ0n) is 17.1. The molecule has 0 saturated carbocycles. The van der Waals surface area contributed by atoms with Crippen molar-refractivity contribution in [1.29, 1.82) is 0 Å². The summed E-state index contributed by atoms with van der Waals surface area (Å²) in [6.45, 7) is 1.20.